The maximum Gasteiger partial charge on any atom is 0.131 e. The van der Waals surface area contributed by atoms with Gasteiger partial charge in [0.2, 0.25) is 0 Å². The lowest BCUT2D eigenvalue weighted by Crippen LogP contribution is -2.02. The van der Waals surface area contributed by atoms with Gasteiger partial charge < -0.3 is 9.84 Å². The average Bonchev–Trinajstić information content (AvgIpc) is 2.85. The van der Waals surface area contributed by atoms with E-state index < -0.39 is 6.10 Å². The van der Waals surface area contributed by atoms with Gasteiger partial charge in [0.1, 0.15) is 12.4 Å². The Morgan fingerprint density at radius 3 is 2.84 bits per heavy atom. The number of aryl methyl sites for hydroxylation is 2. The molecule has 2 aromatic rings. The molecule has 102 valence electrons. The molecule has 0 aliphatic carbocycles. The van der Waals surface area contributed by atoms with Crippen LogP contribution >= 0.6 is 11.3 Å². The van der Waals surface area contributed by atoms with Crippen molar-refractivity contribution in [3.63, 3.8) is 0 Å². The van der Waals surface area contributed by atoms with E-state index in [1.807, 2.05) is 30.5 Å². The molecule has 1 aromatic carbocycles. The van der Waals surface area contributed by atoms with Gasteiger partial charge in [-0.1, -0.05) is 18.6 Å². The van der Waals surface area contributed by atoms with Crippen molar-refractivity contribution in [2.24, 2.45) is 0 Å². The minimum atomic E-state index is -0.531. The second-order valence-corrected chi connectivity index (χ2v) is 5.53. The van der Waals surface area contributed by atoms with Crippen LogP contribution in [0.3, 0.4) is 0 Å². The van der Waals surface area contributed by atoms with Crippen molar-refractivity contribution in [2.45, 2.75) is 39.9 Å². The molecule has 3 nitrogen and oxygen atoms in total. The fourth-order valence-corrected chi connectivity index (χ4v) is 2.58. The number of hydrogen-bond donors (Lipinski definition) is 1. The highest BCUT2D eigenvalue weighted by Crippen LogP contribution is 2.27. The molecule has 0 radical (unpaired) electrons. The minimum absolute atomic E-state index is 0.444. The number of rotatable bonds is 5. The summed E-state index contributed by atoms with van der Waals surface area (Å²) in [4.78, 5) is 4.47. The summed E-state index contributed by atoms with van der Waals surface area (Å²) < 4.78 is 5.78. The first-order valence-electron chi connectivity index (χ1n) is 6.44. The van der Waals surface area contributed by atoms with Crippen LogP contribution in [-0.2, 0) is 13.0 Å². The molecule has 0 aliphatic rings. The molecule has 19 heavy (non-hydrogen) atoms. The molecule has 0 saturated heterocycles. The van der Waals surface area contributed by atoms with Crippen molar-refractivity contribution < 1.29 is 9.84 Å². The smallest absolute Gasteiger partial charge is 0.131 e. The molecule has 0 saturated carbocycles. The van der Waals surface area contributed by atoms with Crippen molar-refractivity contribution >= 4 is 11.3 Å². The third kappa shape index (κ3) is 3.55. The van der Waals surface area contributed by atoms with E-state index in [9.17, 15) is 5.11 Å². The first-order chi connectivity index (χ1) is 9.10. The second-order valence-electron chi connectivity index (χ2n) is 4.59. The van der Waals surface area contributed by atoms with Gasteiger partial charge in [0.25, 0.3) is 0 Å². The zero-order chi connectivity index (χ0) is 13.8. The van der Waals surface area contributed by atoms with E-state index in [4.69, 9.17) is 4.74 Å². The van der Waals surface area contributed by atoms with Crippen LogP contribution in [0, 0.1) is 6.92 Å². The number of aromatic nitrogens is 1. The predicted molar refractivity (Wildman–Crippen MR) is 77.6 cm³/mol. The summed E-state index contributed by atoms with van der Waals surface area (Å²) in [5.41, 5.74) is 2.88. The van der Waals surface area contributed by atoms with E-state index in [-0.39, 0.29) is 0 Å². The van der Waals surface area contributed by atoms with Gasteiger partial charge in [-0.25, -0.2) is 4.98 Å². The minimum Gasteiger partial charge on any atom is -0.487 e. The maximum absolute atomic E-state index is 9.77. The predicted octanol–water partition coefficient (Wildman–Crippen LogP) is 3.65. The Morgan fingerprint density at radius 2 is 2.21 bits per heavy atom. The monoisotopic (exact) mass is 277 g/mol. The summed E-state index contributed by atoms with van der Waals surface area (Å²) in [5.74, 6) is 0.728. The third-order valence-electron chi connectivity index (χ3n) is 2.89. The van der Waals surface area contributed by atoms with Crippen molar-refractivity contribution in [1.29, 1.82) is 0 Å². The number of hydrogen-bond acceptors (Lipinski definition) is 4. The fraction of sp³-hybridized carbons (Fsp3) is 0.400. The fourth-order valence-electron chi connectivity index (χ4n) is 1.86. The molecular formula is C15H19NO2S. The first kappa shape index (κ1) is 14.0. The van der Waals surface area contributed by atoms with Crippen LogP contribution < -0.4 is 4.74 Å². The van der Waals surface area contributed by atoms with Gasteiger partial charge >= 0.3 is 0 Å². The topological polar surface area (TPSA) is 42.4 Å². The van der Waals surface area contributed by atoms with Crippen molar-refractivity contribution in [3.05, 3.63) is 45.4 Å². The normalized spacial score (nSPS) is 12.4. The van der Waals surface area contributed by atoms with Gasteiger partial charge in [-0.3, -0.25) is 0 Å². The number of ether oxygens (including phenoxy) is 1. The Hall–Kier alpha value is -1.39. The van der Waals surface area contributed by atoms with Crippen molar-refractivity contribution in [2.75, 3.05) is 0 Å². The van der Waals surface area contributed by atoms with Crippen molar-refractivity contribution in [1.82, 2.24) is 4.98 Å². The van der Waals surface area contributed by atoms with Gasteiger partial charge in [0.15, 0.2) is 0 Å². The molecule has 4 heteroatoms. The molecule has 1 aromatic heterocycles. The molecule has 0 fully saturated rings. The Morgan fingerprint density at radius 1 is 1.42 bits per heavy atom. The highest BCUT2D eigenvalue weighted by atomic mass is 32.1. The Balaban J connectivity index is 2.10. The second kappa shape index (κ2) is 6.17. The van der Waals surface area contributed by atoms with Crippen LogP contribution in [-0.4, -0.2) is 10.1 Å². The lowest BCUT2D eigenvalue weighted by molar-refractivity contribution is 0.189. The number of aliphatic hydroxyl groups is 1. The SMILES string of the molecule is CCc1nc(COc2ccc(C)cc2[C@H](C)O)cs1. The number of benzene rings is 1. The molecule has 1 heterocycles. The molecule has 2 rings (SSSR count). The number of aliphatic hydroxyl groups excluding tert-OH is 1. The Kier molecular flexibility index (Phi) is 4.56. The van der Waals surface area contributed by atoms with Crippen molar-refractivity contribution in [3.8, 4) is 5.75 Å². The molecule has 0 aliphatic heterocycles. The third-order valence-corrected chi connectivity index (χ3v) is 3.93. The van der Waals surface area contributed by atoms with Gasteiger partial charge in [-0.2, -0.15) is 0 Å². The lowest BCUT2D eigenvalue weighted by atomic mass is 10.1. The molecule has 0 amide bonds. The largest absolute Gasteiger partial charge is 0.487 e. The average molecular weight is 277 g/mol. The summed E-state index contributed by atoms with van der Waals surface area (Å²) >= 11 is 1.66. The molecule has 1 atom stereocenters. The van der Waals surface area contributed by atoms with Crippen LogP contribution in [0.15, 0.2) is 23.6 Å². The molecule has 0 unspecified atom stereocenters. The summed E-state index contributed by atoms with van der Waals surface area (Å²) in [7, 11) is 0. The van der Waals surface area contributed by atoms with E-state index in [2.05, 4.69) is 11.9 Å². The van der Waals surface area contributed by atoms with Gasteiger partial charge in [0, 0.05) is 10.9 Å². The summed E-state index contributed by atoms with van der Waals surface area (Å²) in [6.45, 7) is 6.29. The van der Waals surface area contributed by atoms with E-state index in [0.29, 0.717) is 6.61 Å². The molecular weight excluding hydrogens is 258 g/mol. The van der Waals surface area contributed by atoms with Crippen LogP contribution in [0.2, 0.25) is 0 Å². The zero-order valence-corrected chi connectivity index (χ0v) is 12.3. The quantitative estimate of drug-likeness (QED) is 0.907. The van der Waals surface area contributed by atoms with Gasteiger partial charge in [0.05, 0.1) is 16.8 Å². The summed E-state index contributed by atoms with van der Waals surface area (Å²) in [5, 5.41) is 12.9. The summed E-state index contributed by atoms with van der Waals surface area (Å²) in [6.07, 6.45) is 0.422. The first-order valence-corrected chi connectivity index (χ1v) is 7.32. The number of nitrogens with zero attached hydrogens (tertiary/aromatic N) is 1. The highest BCUT2D eigenvalue weighted by molar-refractivity contribution is 7.09. The van der Waals surface area contributed by atoms with E-state index >= 15 is 0 Å². The van der Waals surface area contributed by atoms with Crippen LogP contribution in [0.4, 0.5) is 0 Å². The van der Waals surface area contributed by atoms with Gasteiger partial charge in [-0.15, -0.1) is 11.3 Å². The molecule has 0 bridgehead atoms. The Bertz CT molecular complexity index is 549. The van der Waals surface area contributed by atoms with E-state index in [1.54, 1.807) is 18.3 Å². The highest BCUT2D eigenvalue weighted by Gasteiger charge is 2.10. The van der Waals surface area contributed by atoms with E-state index in [0.717, 1.165) is 34.0 Å². The van der Waals surface area contributed by atoms with Crippen LogP contribution in [0.5, 0.6) is 5.75 Å². The Labute approximate surface area is 117 Å². The standard InChI is InChI=1S/C15H19NO2S/c1-4-15-16-12(9-19-15)8-18-14-6-5-10(2)7-13(14)11(3)17/h5-7,9,11,17H,4,8H2,1-3H3/t11-/m0/s1. The molecule has 0 spiro atoms. The van der Waals surface area contributed by atoms with E-state index in [1.165, 1.54) is 0 Å². The lowest BCUT2D eigenvalue weighted by Gasteiger charge is -2.13. The molecule has 1 N–H and O–H groups in total. The number of thiazole rings is 1. The van der Waals surface area contributed by atoms with Gasteiger partial charge in [-0.05, 0) is 32.4 Å². The summed E-state index contributed by atoms with van der Waals surface area (Å²) in [6, 6.07) is 5.85. The zero-order valence-electron chi connectivity index (χ0n) is 11.5. The van der Waals surface area contributed by atoms with Crippen LogP contribution in [0.1, 0.15) is 41.8 Å². The maximum atomic E-state index is 9.77. The van der Waals surface area contributed by atoms with Crippen LogP contribution in [0.25, 0.3) is 0 Å².